The van der Waals surface area contributed by atoms with E-state index < -0.39 is 0 Å². The van der Waals surface area contributed by atoms with Gasteiger partial charge in [0.25, 0.3) is 5.91 Å². The molecule has 0 aliphatic carbocycles. The summed E-state index contributed by atoms with van der Waals surface area (Å²) in [5.74, 6) is -0.0829. The van der Waals surface area contributed by atoms with Crippen molar-refractivity contribution in [3.8, 4) is 0 Å². The second-order valence-electron chi connectivity index (χ2n) is 6.02. The quantitative estimate of drug-likeness (QED) is 0.694. The van der Waals surface area contributed by atoms with Crippen molar-refractivity contribution < 1.29 is 4.79 Å². The molecular weight excluding hydrogens is 332 g/mol. The number of amides is 1. The molecule has 0 saturated carbocycles. The van der Waals surface area contributed by atoms with Gasteiger partial charge in [-0.15, -0.1) is 0 Å². The fourth-order valence-electron chi connectivity index (χ4n) is 3.19. The first-order valence-corrected chi connectivity index (χ1v) is 8.59. The van der Waals surface area contributed by atoms with Crippen molar-refractivity contribution in [3.63, 3.8) is 0 Å². The van der Waals surface area contributed by atoms with Crippen molar-refractivity contribution in [2.75, 3.05) is 16.8 Å². The third-order valence-corrected chi connectivity index (χ3v) is 4.77. The Morgan fingerprint density at radius 1 is 0.920 bits per heavy atom. The smallest absolute Gasteiger partial charge is 0.259 e. The van der Waals surface area contributed by atoms with Gasteiger partial charge in [-0.1, -0.05) is 66.2 Å². The van der Waals surface area contributed by atoms with Crippen LogP contribution in [0.25, 0.3) is 0 Å². The maximum Gasteiger partial charge on any atom is 0.259 e. The van der Waals surface area contributed by atoms with E-state index in [0.29, 0.717) is 17.1 Å². The molecule has 3 aromatic carbocycles. The SMILES string of the molecule is O=C(c1ccccc1Cl)N1CC(c2ccccc2)Nc2ccccc21. The molecule has 1 unspecified atom stereocenters. The Morgan fingerprint density at radius 3 is 2.40 bits per heavy atom. The highest BCUT2D eigenvalue weighted by Gasteiger charge is 2.30. The molecule has 0 spiro atoms. The number of hydrogen-bond acceptors (Lipinski definition) is 2. The van der Waals surface area contributed by atoms with E-state index in [0.717, 1.165) is 16.9 Å². The summed E-state index contributed by atoms with van der Waals surface area (Å²) in [5.41, 5.74) is 3.49. The van der Waals surface area contributed by atoms with Gasteiger partial charge in [-0.05, 0) is 29.8 Å². The standard InChI is InChI=1S/C21H17ClN2O/c22-17-11-5-4-10-16(17)21(25)24-14-19(15-8-2-1-3-9-15)23-18-12-6-7-13-20(18)24/h1-13,19,23H,14H2. The summed E-state index contributed by atoms with van der Waals surface area (Å²) in [5, 5.41) is 4.01. The first-order chi connectivity index (χ1) is 12.2. The third-order valence-electron chi connectivity index (χ3n) is 4.44. The normalized spacial score (nSPS) is 16.0. The summed E-state index contributed by atoms with van der Waals surface area (Å²) in [6, 6.07) is 25.2. The van der Waals surface area contributed by atoms with Crippen LogP contribution in [-0.2, 0) is 0 Å². The molecular formula is C21H17ClN2O. The maximum absolute atomic E-state index is 13.2. The number of anilines is 2. The number of halogens is 1. The number of hydrogen-bond donors (Lipinski definition) is 1. The number of benzene rings is 3. The Hall–Kier alpha value is -2.78. The summed E-state index contributed by atoms with van der Waals surface area (Å²) < 4.78 is 0. The van der Waals surface area contributed by atoms with Crippen LogP contribution in [0.3, 0.4) is 0 Å². The average molecular weight is 349 g/mol. The summed E-state index contributed by atoms with van der Waals surface area (Å²) in [7, 11) is 0. The molecule has 3 aromatic rings. The highest BCUT2D eigenvalue weighted by molar-refractivity contribution is 6.34. The lowest BCUT2D eigenvalue weighted by Crippen LogP contribution is -2.40. The molecule has 1 aliphatic rings. The summed E-state index contributed by atoms with van der Waals surface area (Å²) in [6.45, 7) is 0.547. The minimum atomic E-state index is -0.0829. The molecule has 0 radical (unpaired) electrons. The van der Waals surface area contributed by atoms with Crippen LogP contribution in [0.1, 0.15) is 22.0 Å². The van der Waals surface area contributed by atoms with Gasteiger partial charge in [-0.3, -0.25) is 4.79 Å². The second kappa shape index (κ2) is 6.61. The fourth-order valence-corrected chi connectivity index (χ4v) is 3.41. The molecule has 1 atom stereocenters. The molecule has 124 valence electrons. The largest absolute Gasteiger partial charge is 0.375 e. The van der Waals surface area contributed by atoms with Gasteiger partial charge >= 0.3 is 0 Å². The number of nitrogens with zero attached hydrogens (tertiary/aromatic N) is 1. The highest BCUT2D eigenvalue weighted by Crippen LogP contribution is 2.36. The lowest BCUT2D eigenvalue weighted by Gasteiger charge is -2.36. The molecule has 1 aliphatic heterocycles. The zero-order chi connectivity index (χ0) is 17.2. The van der Waals surface area contributed by atoms with Crippen LogP contribution >= 0.6 is 11.6 Å². The van der Waals surface area contributed by atoms with E-state index in [1.165, 1.54) is 0 Å². The third kappa shape index (κ3) is 2.99. The van der Waals surface area contributed by atoms with Crippen molar-refractivity contribution in [1.82, 2.24) is 0 Å². The van der Waals surface area contributed by atoms with Crippen LogP contribution in [-0.4, -0.2) is 12.5 Å². The van der Waals surface area contributed by atoms with Gasteiger partial charge in [-0.2, -0.15) is 0 Å². The van der Waals surface area contributed by atoms with Gasteiger partial charge in [0.1, 0.15) is 0 Å². The predicted molar refractivity (Wildman–Crippen MR) is 102 cm³/mol. The van der Waals surface area contributed by atoms with Gasteiger partial charge in [0.15, 0.2) is 0 Å². The number of carbonyl (C=O) groups is 1. The van der Waals surface area contributed by atoms with E-state index in [-0.39, 0.29) is 11.9 Å². The molecule has 25 heavy (non-hydrogen) atoms. The minimum absolute atomic E-state index is 0.0301. The molecule has 4 rings (SSSR count). The molecule has 0 fully saturated rings. The monoisotopic (exact) mass is 348 g/mol. The van der Waals surface area contributed by atoms with E-state index in [9.17, 15) is 4.79 Å². The van der Waals surface area contributed by atoms with Gasteiger partial charge in [0.2, 0.25) is 0 Å². The number of rotatable bonds is 2. The predicted octanol–water partition coefficient (Wildman–Crippen LogP) is 5.15. The van der Waals surface area contributed by atoms with Crippen LogP contribution in [0.15, 0.2) is 78.9 Å². The number of para-hydroxylation sites is 2. The Labute approximate surface area is 151 Å². The zero-order valence-electron chi connectivity index (χ0n) is 13.5. The van der Waals surface area contributed by atoms with E-state index >= 15 is 0 Å². The van der Waals surface area contributed by atoms with E-state index in [1.807, 2.05) is 59.5 Å². The number of fused-ring (bicyclic) bond motifs is 1. The molecule has 1 heterocycles. The summed E-state index contributed by atoms with van der Waals surface area (Å²) in [4.78, 5) is 15.0. The molecule has 4 heteroatoms. The Bertz CT molecular complexity index is 911. The van der Waals surface area contributed by atoms with Crippen LogP contribution < -0.4 is 10.2 Å². The molecule has 0 saturated heterocycles. The Kier molecular flexibility index (Phi) is 4.16. The number of carbonyl (C=O) groups excluding carboxylic acids is 1. The zero-order valence-corrected chi connectivity index (χ0v) is 14.3. The van der Waals surface area contributed by atoms with E-state index in [1.54, 1.807) is 12.1 Å². The first-order valence-electron chi connectivity index (χ1n) is 8.21. The van der Waals surface area contributed by atoms with Crippen LogP contribution in [0.2, 0.25) is 5.02 Å². The van der Waals surface area contributed by atoms with Gasteiger partial charge in [-0.25, -0.2) is 0 Å². The van der Waals surface area contributed by atoms with Crippen molar-refractivity contribution in [3.05, 3.63) is 95.0 Å². The number of nitrogens with one attached hydrogen (secondary N) is 1. The molecule has 0 bridgehead atoms. The van der Waals surface area contributed by atoms with E-state index in [4.69, 9.17) is 11.6 Å². The molecule has 3 nitrogen and oxygen atoms in total. The van der Waals surface area contributed by atoms with Crippen molar-refractivity contribution in [2.24, 2.45) is 0 Å². The van der Waals surface area contributed by atoms with Crippen LogP contribution in [0, 0.1) is 0 Å². The molecule has 0 aromatic heterocycles. The van der Waals surface area contributed by atoms with Crippen molar-refractivity contribution >= 4 is 28.9 Å². The summed E-state index contributed by atoms with van der Waals surface area (Å²) >= 11 is 6.26. The van der Waals surface area contributed by atoms with Crippen molar-refractivity contribution in [2.45, 2.75) is 6.04 Å². The second-order valence-corrected chi connectivity index (χ2v) is 6.43. The highest BCUT2D eigenvalue weighted by atomic mass is 35.5. The average Bonchev–Trinajstić information content (AvgIpc) is 2.67. The summed E-state index contributed by atoms with van der Waals surface area (Å²) in [6.07, 6.45) is 0. The van der Waals surface area contributed by atoms with Gasteiger partial charge in [0.05, 0.1) is 34.5 Å². The lowest BCUT2D eigenvalue weighted by atomic mass is 10.0. The van der Waals surface area contributed by atoms with Gasteiger partial charge in [0, 0.05) is 0 Å². The fraction of sp³-hybridized carbons (Fsp3) is 0.0952. The Balaban J connectivity index is 1.75. The topological polar surface area (TPSA) is 32.3 Å². The Morgan fingerprint density at radius 2 is 1.60 bits per heavy atom. The lowest BCUT2D eigenvalue weighted by molar-refractivity contribution is 0.0985. The first kappa shape index (κ1) is 15.7. The van der Waals surface area contributed by atoms with Gasteiger partial charge < -0.3 is 10.2 Å². The van der Waals surface area contributed by atoms with Crippen LogP contribution in [0.5, 0.6) is 0 Å². The van der Waals surface area contributed by atoms with Crippen LogP contribution in [0.4, 0.5) is 11.4 Å². The molecule has 1 N–H and O–H groups in total. The maximum atomic E-state index is 13.2. The van der Waals surface area contributed by atoms with Crippen molar-refractivity contribution in [1.29, 1.82) is 0 Å². The minimum Gasteiger partial charge on any atom is -0.375 e. The molecule has 1 amide bonds. The van der Waals surface area contributed by atoms with E-state index in [2.05, 4.69) is 17.4 Å².